The Balaban J connectivity index is 1.60. The van der Waals surface area contributed by atoms with Crippen molar-refractivity contribution in [3.05, 3.63) is 0 Å². The quantitative estimate of drug-likeness (QED) is 0.766. The Morgan fingerprint density at radius 1 is 1.22 bits per heavy atom. The fourth-order valence-corrected chi connectivity index (χ4v) is 4.08. The Hall–Kier alpha value is -1.67. The average molecular weight is 382 g/mol. The maximum Gasteiger partial charge on any atom is 0.409 e. The van der Waals surface area contributed by atoms with Crippen molar-refractivity contribution >= 4 is 17.8 Å². The molecule has 0 aromatic carbocycles. The molecule has 0 bridgehead atoms. The molecule has 2 heterocycles. The summed E-state index contributed by atoms with van der Waals surface area (Å²) in [4.78, 5) is 38.8. The van der Waals surface area contributed by atoms with Gasteiger partial charge in [-0.05, 0) is 25.7 Å². The molecule has 0 aromatic rings. The predicted molar refractivity (Wildman–Crippen MR) is 96.2 cm³/mol. The number of rotatable bonds is 5. The Morgan fingerprint density at radius 2 is 1.93 bits per heavy atom. The van der Waals surface area contributed by atoms with Gasteiger partial charge in [-0.1, -0.05) is 19.3 Å². The van der Waals surface area contributed by atoms with Gasteiger partial charge in [-0.2, -0.15) is 0 Å². The molecule has 1 saturated carbocycles. The van der Waals surface area contributed by atoms with Crippen molar-refractivity contribution in [3.63, 3.8) is 0 Å². The van der Waals surface area contributed by atoms with Gasteiger partial charge in [0.05, 0.1) is 25.2 Å². The average Bonchev–Trinajstić information content (AvgIpc) is 3.01. The number of carbonyl (C=O) groups excluding carboxylic acids is 3. The van der Waals surface area contributed by atoms with Crippen molar-refractivity contribution in [1.82, 2.24) is 10.2 Å². The number of hydrogen-bond donors (Lipinski definition) is 1. The molecule has 3 fully saturated rings. The van der Waals surface area contributed by atoms with Crippen molar-refractivity contribution < 1.29 is 28.6 Å². The number of ketones is 1. The second-order valence-corrected chi connectivity index (χ2v) is 7.65. The summed E-state index contributed by atoms with van der Waals surface area (Å²) in [5.74, 6) is -0.587. The van der Waals surface area contributed by atoms with Gasteiger partial charge in [-0.3, -0.25) is 9.59 Å². The number of hydrogen-bond acceptors (Lipinski definition) is 6. The van der Waals surface area contributed by atoms with Crippen LogP contribution in [0.1, 0.15) is 39.0 Å². The molecule has 1 aliphatic carbocycles. The summed E-state index contributed by atoms with van der Waals surface area (Å²) < 4.78 is 16.0. The molecule has 152 valence electrons. The van der Waals surface area contributed by atoms with Crippen molar-refractivity contribution in [2.75, 3.05) is 39.5 Å². The highest BCUT2D eigenvalue weighted by Crippen LogP contribution is 2.31. The maximum absolute atomic E-state index is 12.9. The van der Waals surface area contributed by atoms with E-state index in [1.165, 1.54) is 6.42 Å². The highest BCUT2D eigenvalue weighted by Gasteiger charge is 2.38. The number of nitrogens with one attached hydrogen (secondary N) is 1. The summed E-state index contributed by atoms with van der Waals surface area (Å²) in [6.07, 6.45) is 4.48. The zero-order valence-electron chi connectivity index (χ0n) is 16.0. The van der Waals surface area contributed by atoms with Gasteiger partial charge in [0.25, 0.3) is 0 Å². The number of amides is 2. The van der Waals surface area contributed by atoms with Crippen LogP contribution in [-0.2, 0) is 23.8 Å². The van der Waals surface area contributed by atoms with E-state index in [9.17, 15) is 14.4 Å². The highest BCUT2D eigenvalue weighted by molar-refractivity contribution is 5.92. The molecule has 2 saturated heterocycles. The fraction of sp³-hybridized carbons (Fsp3) is 0.842. The van der Waals surface area contributed by atoms with Gasteiger partial charge in [-0.15, -0.1) is 0 Å². The molecule has 27 heavy (non-hydrogen) atoms. The molecule has 0 aromatic heterocycles. The third-order valence-electron chi connectivity index (χ3n) is 5.81. The topological polar surface area (TPSA) is 94.2 Å². The summed E-state index contributed by atoms with van der Waals surface area (Å²) in [5.41, 5.74) is 0. The summed E-state index contributed by atoms with van der Waals surface area (Å²) in [5, 5.41) is 2.84. The first-order chi connectivity index (χ1) is 13.1. The van der Waals surface area contributed by atoms with Crippen LogP contribution in [0.2, 0.25) is 0 Å². The fourth-order valence-electron chi connectivity index (χ4n) is 4.08. The van der Waals surface area contributed by atoms with Gasteiger partial charge in [0.1, 0.15) is 19.3 Å². The number of ether oxygens (including phenoxy) is 3. The normalized spacial score (nSPS) is 28.0. The van der Waals surface area contributed by atoms with Gasteiger partial charge >= 0.3 is 6.09 Å². The molecular formula is C19H30N2O6. The molecule has 8 heteroatoms. The Morgan fingerprint density at radius 3 is 2.56 bits per heavy atom. The van der Waals surface area contributed by atoms with E-state index in [1.54, 1.807) is 11.8 Å². The zero-order valence-corrected chi connectivity index (χ0v) is 16.0. The van der Waals surface area contributed by atoms with Crippen molar-refractivity contribution in [1.29, 1.82) is 0 Å². The van der Waals surface area contributed by atoms with Gasteiger partial charge in [0.2, 0.25) is 5.91 Å². The Bertz CT molecular complexity index is 542. The van der Waals surface area contributed by atoms with Crippen LogP contribution in [0.25, 0.3) is 0 Å². The van der Waals surface area contributed by atoms with Crippen molar-refractivity contribution in [3.8, 4) is 0 Å². The van der Waals surface area contributed by atoms with E-state index in [4.69, 9.17) is 14.2 Å². The second-order valence-electron chi connectivity index (χ2n) is 7.65. The lowest BCUT2D eigenvalue weighted by atomic mass is 9.79. The first kappa shape index (κ1) is 20.1. The van der Waals surface area contributed by atoms with Gasteiger partial charge in [0.15, 0.2) is 5.78 Å². The van der Waals surface area contributed by atoms with Crippen LogP contribution in [0.3, 0.4) is 0 Å². The van der Waals surface area contributed by atoms with Crippen LogP contribution in [0.4, 0.5) is 4.79 Å². The number of morpholine rings is 1. The van der Waals surface area contributed by atoms with Crippen LogP contribution in [0.5, 0.6) is 0 Å². The lowest BCUT2D eigenvalue weighted by Crippen LogP contribution is -2.49. The maximum atomic E-state index is 12.9. The second kappa shape index (κ2) is 9.50. The van der Waals surface area contributed by atoms with Gasteiger partial charge < -0.3 is 24.4 Å². The van der Waals surface area contributed by atoms with Crippen LogP contribution in [0, 0.1) is 11.8 Å². The van der Waals surface area contributed by atoms with E-state index in [1.807, 2.05) is 0 Å². The first-order valence-electron chi connectivity index (χ1n) is 10.0. The monoisotopic (exact) mass is 382 g/mol. The molecule has 3 atom stereocenters. The van der Waals surface area contributed by atoms with Crippen LogP contribution in [0.15, 0.2) is 0 Å². The molecule has 3 aliphatic rings. The standard InChI is InChI=1S/C19H30N2O6/c1-13-17(16(22)12-26-13)20-18(23)15(14-5-3-2-4-6-14)11-27-19(24)21-7-9-25-10-8-21/h13-15,17H,2-12H2,1H3,(H,20,23). The van der Waals surface area contributed by atoms with E-state index in [0.717, 1.165) is 25.7 Å². The van der Waals surface area contributed by atoms with E-state index < -0.39 is 18.1 Å². The third-order valence-corrected chi connectivity index (χ3v) is 5.81. The van der Waals surface area contributed by atoms with Crippen molar-refractivity contribution in [2.45, 2.75) is 51.2 Å². The molecule has 0 radical (unpaired) electrons. The minimum absolute atomic E-state index is 0.0340. The SMILES string of the molecule is CC1OCC(=O)C1NC(=O)C(COC(=O)N1CCOCC1)C1CCCCC1. The van der Waals surface area contributed by atoms with Crippen LogP contribution >= 0.6 is 0 Å². The van der Waals surface area contributed by atoms with Crippen LogP contribution in [-0.4, -0.2) is 74.3 Å². The van der Waals surface area contributed by atoms with E-state index in [0.29, 0.717) is 26.3 Å². The first-order valence-corrected chi connectivity index (χ1v) is 10.0. The Labute approximate surface area is 159 Å². The molecule has 2 amide bonds. The van der Waals surface area contributed by atoms with E-state index in [-0.39, 0.29) is 36.9 Å². The molecule has 2 aliphatic heterocycles. The molecule has 3 unspecified atom stereocenters. The van der Waals surface area contributed by atoms with Crippen LogP contribution < -0.4 is 5.32 Å². The summed E-state index contributed by atoms with van der Waals surface area (Å²) in [7, 11) is 0. The lowest BCUT2D eigenvalue weighted by molar-refractivity contribution is -0.132. The number of Topliss-reactive ketones (excluding diaryl/α,β-unsaturated/α-hetero) is 1. The minimum atomic E-state index is -0.612. The summed E-state index contributed by atoms with van der Waals surface area (Å²) in [6.45, 7) is 3.88. The molecular weight excluding hydrogens is 352 g/mol. The lowest BCUT2D eigenvalue weighted by Gasteiger charge is -2.31. The molecule has 1 N–H and O–H groups in total. The van der Waals surface area contributed by atoms with E-state index in [2.05, 4.69) is 5.32 Å². The van der Waals surface area contributed by atoms with Gasteiger partial charge in [0, 0.05) is 13.1 Å². The highest BCUT2D eigenvalue weighted by atomic mass is 16.6. The smallest absolute Gasteiger partial charge is 0.409 e. The molecule has 3 rings (SSSR count). The third kappa shape index (κ3) is 5.19. The summed E-state index contributed by atoms with van der Waals surface area (Å²) >= 11 is 0. The number of nitrogens with zero attached hydrogens (tertiary/aromatic N) is 1. The largest absolute Gasteiger partial charge is 0.449 e. The Kier molecular flexibility index (Phi) is 7.07. The predicted octanol–water partition coefficient (Wildman–Crippen LogP) is 1.12. The van der Waals surface area contributed by atoms with E-state index >= 15 is 0 Å². The summed E-state index contributed by atoms with van der Waals surface area (Å²) in [6, 6.07) is -0.612. The van der Waals surface area contributed by atoms with Crippen molar-refractivity contribution in [2.24, 2.45) is 11.8 Å². The molecule has 0 spiro atoms. The minimum Gasteiger partial charge on any atom is -0.449 e. The van der Waals surface area contributed by atoms with Gasteiger partial charge in [-0.25, -0.2) is 4.79 Å². The number of carbonyl (C=O) groups is 3. The zero-order chi connectivity index (χ0) is 19.2. The molecule has 8 nitrogen and oxygen atoms in total.